The normalized spacial score (nSPS) is 9.47. The highest BCUT2D eigenvalue weighted by Gasteiger charge is 2.08. The van der Waals surface area contributed by atoms with E-state index in [2.05, 4.69) is 10.6 Å². The zero-order valence-electron chi connectivity index (χ0n) is 10.9. The minimum Gasteiger partial charge on any atom is -0.356 e. The lowest BCUT2D eigenvalue weighted by atomic mass is 10.2. The molecule has 0 unspecified atom stereocenters. The number of hydrogen-bond donors (Lipinski definition) is 2. The molecule has 0 spiro atoms. The molecule has 0 saturated heterocycles. The highest BCUT2D eigenvalue weighted by molar-refractivity contribution is 6.03. The lowest BCUT2D eigenvalue weighted by Gasteiger charge is -2.06. The molecular formula is C14H17N3O2. The predicted octanol–water partition coefficient (Wildman–Crippen LogP) is 1.80. The van der Waals surface area contributed by atoms with Gasteiger partial charge in [0.1, 0.15) is 6.42 Å². The fraction of sp³-hybridized carbons (Fsp3) is 0.357. The molecule has 2 amide bonds. The van der Waals surface area contributed by atoms with Gasteiger partial charge in [0.15, 0.2) is 0 Å². The molecule has 0 aliphatic heterocycles. The minimum absolute atomic E-state index is 0.191. The van der Waals surface area contributed by atoms with Crippen molar-refractivity contribution in [1.29, 1.82) is 5.26 Å². The minimum atomic E-state index is -0.362. The highest BCUT2D eigenvalue weighted by Crippen LogP contribution is 2.08. The summed E-state index contributed by atoms with van der Waals surface area (Å²) >= 11 is 0. The number of anilines is 1. The monoisotopic (exact) mass is 259 g/mol. The molecule has 0 fully saturated rings. The van der Waals surface area contributed by atoms with E-state index >= 15 is 0 Å². The maximum atomic E-state index is 11.6. The van der Waals surface area contributed by atoms with Crippen molar-refractivity contribution in [2.24, 2.45) is 0 Å². The van der Waals surface area contributed by atoms with Crippen molar-refractivity contribution in [3.05, 3.63) is 29.8 Å². The summed E-state index contributed by atoms with van der Waals surface area (Å²) in [4.78, 5) is 23.0. The quantitative estimate of drug-likeness (QED) is 0.603. The summed E-state index contributed by atoms with van der Waals surface area (Å²) in [6, 6.07) is 8.47. The van der Waals surface area contributed by atoms with E-state index in [4.69, 9.17) is 5.26 Å². The van der Waals surface area contributed by atoms with Gasteiger partial charge in [-0.1, -0.05) is 13.3 Å². The first kappa shape index (κ1) is 14.7. The summed E-state index contributed by atoms with van der Waals surface area (Å²) in [5, 5.41) is 13.9. The van der Waals surface area contributed by atoms with Crippen LogP contribution in [-0.2, 0) is 9.59 Å². The molecule has 0 bridgehead atoms. The standard InChI is InChI=1S/C14H17N3O2/c1-2-3-8-16-13(18)9-14(19)17-12-6-4-11(10-15)5-7-12/h4-7H,2-3,8-9H2,1H3,(H,16,18)(H,17,19). The van der Waals surface area contributed by atoms with Crippen LogP contribution in [0.5, 0.6) is 0 Å². The third-order valence-corrected chi connectivity index (χ3v) is 2.47. The summed E-state index contributed by atoms with van der Waals surface area (Å²) in [6.07, 6.45) is 1.71. The van der Waals surface area contributed by atoms with Gasteiger partial charge in [0.2, 0.25) is 11.8 Å². The van der Waals surface area contributed by atoms with Crippen LogP contribution in [0.2, 0.25) is 0 Å². The average molecular weight is 259 g/mol. The number of unbranched alkanes of at least 4 members (excludes halogenated alkanes) is 1. The number of benzene rings is 1. The summed E-state index contributed by atoms with van der Waals surface area (Å²) in [6.45, 7) is 2.63. The van der Waals surface area contributed by atoms with Gasteiger partial charge in [-0.05, 0) is 30.7 Å². The van der Waals surface area contributed by atoms with E-state index in [-0.39, 0.29) is 18.2 Å². The molecule has 100 valence electrons. The average Bonchev–Trinajstić information content (AvgIpc) is 2.39. The second-order valence-electron chi connectivity index (χ2n) is 4.12. The van der Waals surface area contributed by atoms with Gasteiger partial charge in [-0.2, -0.15) is 5.26 Å². The Morgan fingerprint density at radius 3 is 2.47 bits per heavy atom. The van der Waals surface area contributed by atoms with Crippen molar-refractivity contribution >= 4 is 17.5 Å². The van der Waals surface area contributed by atoms with Crippen LogP contribution in [0.3, 0.4) is 0 Å². The lowest BCUT2D eigenvalue weighted by Crippen LogP contribution is -2.28. The van der Waals surface area contributed by atoms with Crippen LogP contribution >= 0.6 is 0 Å². The SMILES string of the molecule is CCCCNC(=O)CC(=O)Nc1ccc(C#N)cc1. The van der Waals surface area contributed by atoms with Crippen LogP contribution in [0.15, 0.2) is 24.3 Å². The lowest BCUT2D eigenvalue weighted by molar-refractivity contribution is -0.126. The van der Waals surface area contributed by atoms with Crippen molar-refractivity contribution in [2.75, 3.05) is 11.9 Å². The second kappa shape index (κ2) is 7.88. The van der Waals surface area contributed by atoms with Crippen molar-refractivity contribution in [3.8, 4) is 6.07 Å². The van der Waals surface area contributed by atoms with Crippen LogP contribution in [0, 0.1) is 11.3 Å². The first-order valence-electron chi connectivity index (χ1n) is 6.22. The largest absolute Gasteiger partial charge is 0.356 e. The van der Waals surface area contributed by atoms with E-state index in [1.165, 1.54) is 0 Å². The highest BCUT2D eigenvalue weighted by atomic mass is 16.2. The van der Waals surface area contributed by atoms with Crippen LogP contribution in [0.4, 0.5) is 5.69 Å². The molecule has 2 N–H and O–H groups in total. The number of nitrogens with one attached hydrogen (secondary N) is 2. The predicted molar refractivity (Wildman–Crippen MR) is 72.3 cm³/mol. The Balaban J connectivity index is 2.38. The first-order chi connectivity index (χ1) is 9.15. The number of nitrogens with zero attached hydrogens (tertiary/aromatic N) is 1. The Morgan fingerprint density at radius 2 is 1.89 bits per heavy atom. The zero-order valence-corrected chi connectivity index (χ0v) is 10.9. The van der Waals surface area contributed by atoms with Gasteiger partial charge in [-0.15, -0.1) is 0 Å². The fourth-order valence-corrected chi connectivity index (χ4v) is 1.45. The summed E-state index contributed by atoms with van der Waals surface area (Å²) < 4.78 is 0. The molecule has 1 rings (SSSR count). The molecule has 0 saturated carbocycles. The van der Waals surface area contributed by atoms with Crippen molar-refractivity contribution in [1.82, 2.24) is 5.32 Å². The zero-order chi connectivity index (χ0) is 14.1. The van der Waals surface area contributed by atoms with Crippen LogP contribution in [-0.4, -0.2) is 18.4 Å². The van der Waals surface area contributed by atoms with E-state index in [0.29, 0.717) is 17.8 Å². The molecule has 1 aromatic rings. The molecule has 0 aromatic heterocycles. The number of rotatable bonds is 6. The second-order valence-corrected chi connectivity index (χ2v) is 4.12. The van der Waals surface area contributed by atoms with E-state index in [1.54, 1.807) is 24.3 Å². The van der Waals surface area contributed by atoms with Crippen LogP contribution in [0.1, 0.15) is 31.7 Å². The van der Waals surface area contributed by atoms with Gasteiger partial charge >= 0.3 is 0 Å². The maximum absolute atomic E-state index is 11.6. The molecule has 5 heteroatoms. The Bertz CT molecular complexity index is 474. The molecule has 19 heavy (non-hydrogen) atoms. The maximum Gasteiger partial charge on any atom is 0.233 e. The molecule has 0 radical (unpaired) electrons. The van der Waals surface area contributed by atoms with Gasteiger partial charge in [-0.25, -0.2) is 0 Å². The smallest absolute Gasteiger partial charge is 0.233 e. The molecule has 1 aromatic carbocycles. The number of carbonyl (C=O) groups is 2. The molecular weight excluding hydrogens is 242 g/mol. The summed E-state index contributed by atoms with van der Waals surface area (Å²) in [5.74, 6) is -0.640. The topological polar surface area (TPSA) is 82.0 Å². The number of amides is 2. The van der Waals surface area contributed by atoms with E-state index < -0.39 is 0 Å². The van der Waals surface area contributed by atoms with Crippen LogP contribution < -0.4 is 10.6 Å². The van der Waals surface area contributed by atoms with Gasteiger partial charge in [0.25, 0.3) is 0 Å². The molecule has 0 aliphatic carbocycles. The third kappa shape index (κ3) is 5.68. The molecule has 5 nitrogen and oxygen atoms in total. The van der Waals surface area contributed by atoms with E-state index in [1.807, 2.05) is 13.0 Å². The molecule has 0 atom stereocenters. The van der Waals surface area contributed by atoms with Crippen LogP contribution in [0.25, 0.3) is 0 Å². The number of nitriles is 1. The third-order valence-electron chi connectivity index (χ3n) is 2.47. The van der Waals surface area contributed by atoms with Gasteiger partial charge in [-0.3, -0.25) is 9.59 Å². The van der Waals surface area contributed by atoms with Crippen molar-refractivity contribution in [2.45, 2.75) is 26.2 Å². The van der Waals surface area contributed by atoms with E-state index in [9.17, 15) is 9.59 Å². The van der Waals surface area contributed by atoms with E-state index in [0.717, 1.165) is 12.8 Å². The van der Waals surface area contributed by atoms with Gasteiger partial charge in [0, 0.05) is 12.2 Å². The Labute approximate surface area is 112 Å². The van der Waals surface area contributed by atoms with Gasteiger partial charge in [0.05, 0.1) is 11.6 Å². The summed E-state index contributed by atoms with van der Waals surface area (Å²) in [7, 11) is 0. The van der Waals surface area contributed by atoms with Crippen molar-refractivity contribution < 1.29 is 9.59 Å². The van der Waals surface area contributed by atoms with Crippen molar-refractivity contribution in [3.63, 3.8) is 0 Å². The molecule has 0 heterocycles. The first-order valence-corrected chi connectivity index (χ1v) is 6.22. The summed E-state index contributed by atoms with van der Waals surface area (Å²) in [5.41, 5.74) is 1.10. The molecule has 0 aliphatic rings. The Morgan fingerprint density at radius 1 is 1.21 bits per heavy atom. The van der Waals surface area contributed by atoms with Gasteiger partial charge < -0.3 is 10.6 Å². The number of carbonyl (C=O) groups excluding carboxylic acids is 2. The fourth-order valence-electron chi connectivity index (χ4n) is 1.45. The Kier molecular flexibility index (Phi) is 6.10. The number of hydrogen-bond acceptors (Lipinski definition) is 3. The Hall–Kier alpha value is -2.35.